The van der Waals surface area contributed by atoms with Gasteiger partial charge in [-0.1, -0.05) is 6.92 Å². The number of nitrogens with zero attached hydrogens (tertiary/aromatic N) is 1. The van der Waals surface area contributed by atoms with Crippen molar-refractivity contribution in [1.82, 2.24) is 4.31 Å². The van der Waals surface area contributed by atoms with Crippen molar-refractivity contribution in [1.29, 1.82) is 0 Å². The average molecular weight is 298 g/mol. The average Bonchev–Trinajstić information content (AvgIpc) is 2.25. The molecule has 0 bridgehead atoms. The Balaban J connectivity index is 2.82. The molecule has 1 rings (SSSR count). The van der Waals surface area contributed by atoms with Gasteiger partial charge in [-0.25, -0.2) is 16.8 Å². The van der Waals surface area contributed by atoms with E-state index in [1.807, 2.05) is 6.92 Å². The van der Waals surface area contributed by atoms with E-state index in [4.69, 9.17) is 5.73 Å². The predicted molar refractivity (Wildman–Crippen MR) is 71.4 cm³/mol. The Morgan fingerprint density at radius 3 is 2.33 bits per heavy atom. The summed E-state index contributed by atoms with van der Waals surface area (Å²) < 4.78 is 47.8. The quantitative estimate of drug-likeness (QED) is 0.732. The molecule has 0 aliphatic carbocycles. The first-order valence-electron chi connectivity index (χ1n) is 6.04. The van der Waals surface area contributed by atoms with Crippen LogP contribution < -0.4 is 5.73 Å². The summed E-state index contributed by atoms with van der Waals surface area (Å²) in [5.41, 5.74) is 5.64. The van der Waals surface area contributed by atoms with Crippen molar-refractivity contribution in [2.75, 3.05) is 30.9 Å². The normalized spacial score (nSPS) is 27.3. The third-order valence-electron chi connectivity index (χ3n) is 3.38. The van der Waals surface area contributed by atoms with Crippen LogP contribution in [-0.2, 0) is 19.9 Å². The van der Waals surface area contributed by atoms with Crippen molar-refractivity contribution in [3.63, 3.8) is 0 Å². The molecule has 18 heavy (non-hydrogen) atoms. The number of sulfonamides is 1. The number of piperidine rings is 1. The first kappa shape index (κ1) is 15.9. The summed E-state index contributed by atoms with van der Waals surface area (Å²) >= 11 is 0. The molecule has 0 saturated carbocycles. The summed E-state index contributed by atoms with van der Waals surface area (Å²) in [6.07, 6.45) is 2.80. The molecule has 1 saturated heterocycles. The van der Waals surface area contributed by atoms with Crippen LogP contribution in [-0.4, -0.2) is 58.0 Å². The van der Waals surface area contributed by atoms with E-state index in [-0.39, 0.29) is 30.0 Å². The van der Waals surface area contributed by atoms with E-state index >= 15 is 0 Å². The zero-order chi connectivity index (χ0) is 14.0. The lowest BCUT2D eigenvalue weighted by Crippen LogP contribution is -2.52. The fourth-order valence-corrected chi connectivity index (χ4v) is 5.68. The second-order valence-electron chi connectivity index (χ2n) is 4.98. The smallest absolute Gasteiger partial charge is 0.215 e. The van der Waals surface area contributed by atoms with Crippen LogP contribution in [0.15, 0.2) is 0 Å². The SMILES string of the molecule is C[C@@H]1CCCN(S(=O)(=O)CCS(C)(=O)=O)[C@H]1CN. The number of nitrogens with two attached hydrogens (primary N) is 1. The molecule has 8 heteroatoms. The van der Waals surface area contributed by atoms with Crippen LogP contribution in [0.5, 0.6) is 0 Å². The maximum absolute atomic E-state index is 12.2. The Kier molecular flexibility index (Phi) is 5.16. The van der Waals surface area contributed by atoms with E-state index in [9.17, 15) is 16.8 Å². The molecule has 1 aliphatic heterocycles. The standard InChI is InChI=1S/C10H22N2O4S2/c1-9-4-3-5-12(10(9)8-11)18(15,16)7-6-17(2,13)14/h9-10H,3-8,11H2,1-2H3/t9-,10+/m1/s1. The largest absolute Gasteiger partial charge is 0.329 e. The summed E-state index contributed by atoms with van der Waals surface area (Å²) in [5, 5.41) is 0. The van der Waals surface area contributed by atoms with E-state index in [1.54, 1.807) is 0 Å². The van der Waals surface area contributed by atoms with Crippen LogP contribution in [0.25, 0.3) is 0 Å². The lowest BCUT2D eigenvalue weighted by molar-refractivity contribution is 0.193. The van der Waals surface area contributed by atoms with E-state index in [0.29, 0.717) is 6.54 Å². The molecule has 6 nitrogen and oxygen atoms in total. The highest BCUT2D eigenvalue weighted by Crippen LogP contribution is 2.25. The van der Waals surface area contributed by atoms with Gasteiger partial charge < -0.3 is 5.73 Å². The number of sulfone groups is 1. The van der Waals surface area contributed by atoms with Crippen LogP contribution >= 0.6 is 0 Å². The lowest BCUT2D eigenvalue weighted by Gasteiger charge is -2.38. The van der Waals surface area contributed by atoms with E-state index in [1.165, 1.54) is 4.31 Å². The Labute approximate surface area is 110 Å². The fraction of sp³-hybridized carbons (Fsp3) is 1.00. The number of rotatable bonds is 5. The molecule has 108 valence electrons. The number of hydrogen-bond donors (Lipinski definition) is 1. The minimum Gasteiger partial charge on any atom is -0.329 e. The molecule has 1 heterocycles. The van der Waals surface area contributed by atoms with Gasteiger partial charge in [0.2, 0.25) is 10.0 Å². The molecule has 2 atom stereocenters. The molecule has 0 aromatic carbocycles. The van der Waals surface area contributed by atoms with Crippen molar-refractivity contribution in [2.45, 2.75) is 25.8 Å². The summed E-state index contributed by atoms with van der Waals surface area (Å²) in [5.74, 6) is -0.469. The Morgan fingerprint density at radius 2 is 1.83 bits per heavy atom. The van der Waals surface area contributed by atoms with Crippen LogP contribution in [0.3, 0.4) is 0 Å². The summed E-state index contributed by atoms with van der Waals surface area (Å²) in [7, 11) is -6.81. The topological polar surface area (TPSA) is 97.5 Å². The second-order valence-corrected chi connectivity index (χ2v) is 9.28. The van der Waals surface area contributed by atoms with Gasteiger partial charge in [-0.3, -0.25) is 0 Å². The molecule has 0 radical (unpaired) electrons. The molecular formula is C10H22N2O4S2. The van der Waals surface area contributed by atoms with Crippen LogP contribution in [0.2, 0.25) is 0 Å². The van der Waals surface area contributed by atoms with Crippen LogP contribution in [0, 0.1) is 5.92 Å². The first-order valence-corrected chi connectivity index (χ1v) is 9.71. The summed E-state index contributed by atoms with van der Waals surface area (Å²) in [6, 6.07) is -0.205. The number of hydrogen-bond acceptors (Lipinski definition) is 5. The van der Waals surface area contributed by atoms with E-state index < -0.39 is 19.9 Å². The molecule has 0 aromatic rings. The molecule has 0 aromatic heterocycles. The molecule has 0 spiro atoms. The Morgan fingerprint density at radius 1 is 1.22 bits per heavy atom. The Bertz CT molecular complexity index is 472. The van der Waals surface area contributed by atoms with E-state index in [2.05, 4.69) is 0 Å². The Hall–Kier alpha value is -0.180. The highest BCUT2D eigenvalue weighted by molar-refractivity contribution is 7.93. The minimum atomic E-state index is -3.54. The zero-order valence-corrected chi connectivity index (χ0v) is 12.5. The first-order chi connectivity index (χ1) is 8.17. The minimum absolute atomic E-state index is 0.205. The van der Waals surface area contributed by atoms with Gasteiger partial charge in [0.05, 0.1) is 11.5 Å². The lowest BCUT2D eigenvalue weighted by atomic mass is 9.93. The van der Waals surface area contributed by atoms with Crippen LogP contribution in [0.4, 0.5) is 0 Å². The monoisotopic (exact) mass is 298 g/mol. The molecule has 2 N–H and O–H groups in total. The fourth-order valence-electron chi connectivity index (χ4n) is 2.28. The maximum Gasteiger partial charge on any atom is 0.215 e. The van der Waals surface area contributed by atoms with Crippen molar-refractivity contribution in [2.24, 2.45) is 11.7 Å². The van der Waals surface area contributed by atoms with Gasteiger partial charge in [-0.2, -0.15) is 4.31 Å². The van der Waals surface area contributed by atoms with Crippen molar-refractivity contribution in [3.05, 3.63) is 0 Å². The van der Waals surface area contributed by atoms with Gasteiger partial charge in [-0.15, -0.1) is 0 Å². The predicted octanol–water partition coefficient (Wildman–Crippen LogP) is -0.580. The molecule has 1 fully saturated rings. The molecule has 0 amide bonds. The maximum atomic E-state index is 12.2. The second kappa shape index (κ2) is 5.85. The molecule has 0 unspecified atom stereocenters. The van der Waals surface area contributed by atoms with Gasteiger partial charge in [0.15, 0.2) is 0 Å². The van der Waals surface area contributed by atoms with Gasteiger partial charge in [0.1, 0.15) is 9.84 Å². The van der Waals surface area contributed by atoms with Crippen molar-refractivity contribution < 1.29 is 16.8 Å². The van der Waals surface area contributed by atoms with Crippen molar-refractivity contribution >= 4 is 19.9 Å². The van der Waals surface area contributed by atoms with Gasteiger partial charge in [-0.05, 0) is 18.8 Å². The zero-order valence-electron chi connectivity index (χ0n) is 10.9. The third kappa shape index (κ3) is 4.18. The summed E-state index contributed by atoms with van der Waals surface area (Å²) in [4.78, 5) is 0. The molecule has 1 aliphatic rings. The van der Waals surface area contributed by atoms with Crippen LogP contribution in [0.1, 0.15) is 19.8 Å². The third-order valence-corrected chi connectivity index (χ3v) is 6.47. The van der Waals surface area contributed by atoms with E-state index in [0.717, 1.165) is 19.1 Å². The summed E-state index contributed by atoms with van der Waals surface area (Å²) in [6.45, 7) is 2.70. The van der Waals surface area contributed by atoms with Gasteiger partial charge in [0.25, 0.3) is 0 Å². The highest BCUT2D eigenvalue weighted by Gasteiger charge is 2.35. The van der Waals surface area contributed by atoms with Gasteiger partial charge in [0, 0.05) is 25.4 Å². The van der Waals surface area contributed by atoms with Crippen molar-refractivity contribution in [3.8, 4) is 0 Å². The highest BCUT2D eigenvalue weighted by atomic mass is 32.2. The molecular weight excluding hydrogens is 276 g/mol. The van der Waals surface area contributed by atoms with Gasteiger partial charge >= 0.3 is 0 Å².